The van der Waals surface area contributed by atoms with E-state index in [-0.39, 0.29) is 0 Å². The number of hydrogen-bond acceptors (Lipinski definition) is 3. The Morgan fingerprint density at radius 1 is 0.607 bits per heavy atom. The first-order valence-corrected chi connectivity index (χ1v) is 12.2. The van der Waals surface area contributed by atoms with Gasteiger partial charge in [-0.25, -0.2) is 0 Å². The van der Waals surface area contributed by atoms with Gasteiger partial charge < -0.3 is 0 Å². The summed E-state index contributed by atoms with van der Waals surface area (Å²) in [5.41, 5.74) is 0. The molecule has 165 valence electrons. The summed E-state index contributed by atoms with van der Waals surface area (Å²) in [6.45, 7) is 2.28. The maximum absolute atomic E-state index is 10.5. The second-order valence-electron chi connectivity index (χ2n) is 8.43. The minimum atomic E-state index is -1.12. The Bertz CT molecular complexity index is 347. The lowest BCUT2D eigenvalue weighted by Crippen LogP contribution is -2.20. The molecule has 0 amide bonds. The largest absolute Gasteiger partial charge is 0.283 e. The van der Waals surface area contributed by atoms with Gasteiger partial charge in [0.2, 0.25) is 0 Å². The van der Waals surface area contributed by atoms with Crippen molar-refractivity contribution in [3.63, 3.8) is 0 Å². The molecular weight excluding hydrogens is 350 g/mol. The van der Waals surface area contributed by atoms with E-state index in [0.29, 0.717) is 6.42 Å². The Hall–Kier alpha value is -0.930. The number of carbonyl (C=O) groups excluding carboxylic acids is 1. The molecule has 0 saturated heterocycles. The quantitative estimate of drug-likeness (QED) is 0.0999. The van der Waals surface area contributed by atoms with Gasteiger partial charge in [-0.3, -0.25) is 14.9 Å². The SMILES string of the molecule is CCCCCCCCCCCCCCCCCCCCCCC([C]=O)[N+](=O)[O-]. The van der Waals surface area contributed by atoms with Gasteiger partial charge in [0.1, 0.15) is 0 Å². The molecule has 1 atom stereocenters. The van der Waals surface area contributed by atoms with Crippen LogP contribution in [-0.2, 0) is 4.79 Å². The van der Waals surface area contributed by atoms with Gasteiger partial charge in [0.25, 0.3) is 12.3 Å². The molecule has 0 rings (SSSR count). The predicted molar refractivity (Wildman–Crippen MR) is 119 cm³/mol. The average Bonchev–Trinajstić information content (AvgIpc) is 2.69. The molecule has 0 aliphatic heterocycles. The summed E-state index contributed by atoms with van der Waals surface area (Å²) >= 11 is 0. The topological polar surface area (TPSA) is 60.2 Å². The number of nitro groups is 1. The number of hydrogen-bond donors (Lipinski definition) is 0. The van der Waals surface area contributed by atoms with Crippen molar-refractivity contribution in [2.75, 3.05) is 0 Å². The highest BCUT2D eigenvalue weighted by Gasteiger charge is 2.18. The summed E-state index contributed by atoms with van der Waals surface area (Å²) in [5, 5.41) is 10.5. The maximum Gasteiger partial charge on any atom is 0.278 e. The fourth-order valence-corrected chi connectivity index (χ4v) is 3.80. The minimum absolute atomic E-state index is 0.343. The van der Waals surface area contributed by atoms with Crippen LogP contribution >= 0.6 is 0 Å². The van der Waals surface area contributed by atoms with Crippen molar-refractivity contribution in [3.05, 3.63) is 10.1 Å². The van der Waals surface area contributed by atoms with Gasteiger partial charge in [-0.05, 0) is 6.42 Å². The third-order valence-electron chi connectivity index (χ3n) is 5.72. The van der Waals surface area contributed by atoms with Gasteiger partial charge in [-0.15, -0.1) is 0 Å². The second-order valence-corrected chi connectivity index (χ2v) is 8.43. The van der Waals surface area contributed by atoms with Gasteiger partial charge in [-0.2, -0.15) is 0 Å². The van der Waals surface area contributed by atoms with Crippen LogP contribution in [0.5, 0.6) is 0 Å². The first kappa shape index (κ1) is 27.1. The predicted octanol–water partition coefficient (Wildman–Crippen LogP) is 7.95. The summed E-state index contributed by atoms with van der Waals surface area (Å²) in [6, 6.07) is -1.12. The summed E-state index contributed by atoms with van der Waals surface area (Å²) in [7, 11) is 0. The van der Waals surface area contributed by atoms with Crippen molar-refractivity contribution in [2.24, 2.45) is 0 Å². The second kappa shape index (κ2) is 22.4. The summed E-state index contributed by atoms with van der Waals surface area (Å²) in [6.07, 6.45) is 28.3. The molecule has 0 aliphatic rings. The van der Waals surface area contributed by atoms with Crippen LogP contribution in [0.15, 0.2) is 0 Å². The van der Waals surface area contributed by atoms with Crippen LogP contribution in [0.4, 0.5) is 0 Å². The molecular formula is C24H46NO3. The van der Waals surface area contributed by atoms with Crippen LogP contribution in [0.25, 0.3) is 0 Å². The Morgan fingerprint density at radius 3 is 1.14 bits per heavy atom. The highest BCUT2D eigenvalue weighted by atomic mass is 16.6. The Morgan fingerprint density at radius 2 is 0.893 bits per heavy atom. The maximum atomic E-state index is 10.5. The zero-order chi connectivity index (χ0) is 20.7. The molecule has 1 unspecified atom stereocenters. The molecule has 0 spiro atoms. The van der Waals surface area contributed by atoms with E-state index in [2.05, 4.69) is 6.92 Å². The van der Waals surface area contributed by atoms with Crippen LogP contribution < -0.4 is 0 Å². The summed E-state index contributed by atoms with van der Waals surface area (Å²) < 4.78 is 0. The van der Waals surface area contributed by atoms with Gasteiger partial charge in [-0.1, -0.05) is 129 Å². The number of rotatable bonds is 23. The summed E-state index contributed by atoms with van der Waals surface area (Å²) in [4.78, 5) is 20.4. The first-order valence-electron chi connectivity index (χ1n) is 12.2. The molecule has 0 N–H and O–H groups in total. The molecule has 0 fully saturated rings. The smallest absolute Gasteiger partial charge is 0.278 e. The molecule has 0 heterocycles. The third-order valence-corrected chi connectivity index (χ3v) is 5.72. The van der Waals surface area contributed by atoms with E-state index in [1.807, 2.05) is 0 Å². The number of unbranched alkanes of at least 4 members (excludes halogenated alkanes) is 19. The van der Waals surface area contributed by atoms with Gasteiger partial charge in [0.05, 0.1) is 0 Å². The lowest BCUT2D eigenvalue weighted by Gasteiger charge is -2.04. The zero-order valence-corrected chi connectivity index (χ0v) is 18.6. The van der Waals surface area contributed by atoms with Crippen molar-refractivity contribution in [3.8, 4) is 0 Å². The van der Waals surface area contributed by atoms with Gasteiger partial charge in [0.15, 0.2) is 0 Å². The highest BCUT2D eigenvalue weighted by molar-refractivity contribution is 5.56. The van der Waals surface area contributed by atoms with E-state index in [4.69, 9.17) is 0 Å². The van der Waals surface area contributed by atoms with Crippen molar-refractivity contribution >= 4 is 6.29 Å². The molecule has 0 saturated carbocycles. The fraction of sp³-hybridized carbons (Fsp3) is 0.958. The average molecular weight is 397 g/mol. The van der Waals surface area contributed by atoms with Crippen molar-refractivity contribution < 1.29 is 9.72 Å². The van der Waals surface area contributed by atoms with Gasteiger partial charge >= 0.3 is 0 Å². The van der Waals surface area contributed by atoms with E-state index in [0.717, 1.165) is 19.3 Å². The molecule has 4 heteroatoms. The van der Waals surface area contributed by atoms with E-state index >= 15 is 0 Å². The van der Waals surface area contributed by atoms with Crippen LogP contribution in [0, 0.1) is 10.1 Å². The van der Waals surface area contributed by atoms with Crippen LogP contribution in [0.1, 0.15) is 142 Å². The monoisotopic (exact) mass is 396 g/mol. The molecule has 0 aliphatic carbocycles. The Labute approximate surface area is 174 Å². The van der Waals surface area contributed by atoms with E-state index in [9.17, 15) is 14.9 Å². The lowest BCUT2D eigenvalue weighted by atomic mass is 10.0. The minimum Gasteiger partial charge on any atom is -0.283 e. The van der Waals surface area contributed by atoms with E-state index in [1.54, 1.807) is 0 Å². The lowest BCUT2D eigenvalue weighted by molar-refractivity contribution is -0.503. The Kier molecular flexibility index (Phi) is 21.6. The third kappa shape index (κ3) is 19.8. The molecule has 0 aromatic heterocycles. The van der Waals surface area contributed by atoms with Crippen molar-refractivity contribution in [1.29, 1.82) is 0 Å². The molecule has 0 aromatic rings. The van der Waals surface area contributed by atoms with Crippen LogP contribution in [0.3, 0.4) is 0 Å². The summed E-state index contributed by atoms with van der Waals surface area (Å²) in [5.74, 6) is 0. The zero-order valence-electron chi connectivity index (χ0n) is 18.6. The molecule has 4 nitrogen and oxygen atoms in total. The van der Waals surface area contributed by atoms with Crippen LogP contribution in [0.2, 0.25) is 0 Å². The van der Waals surface area contributed by atoms with Crippen LogP contribution in [-0.4, -0.2) is 17.3 Å². The normalized spacial score (nSPS) is 12.2. The molecule has 1 radical (unpaired) electrons. The molecule has 28 heavy (non-hydrogen) atoms. The van der Waals surface area contributed by atoms with E-state index in [1.165, 1.54) is 115 Å². The first-order chi connectivity index (χ1) is 13.7. The fourth-order valence-electron chi connectivity index (χ4n) is 3.80. The molecule has 0 aromatic carbocycles. The van der Waals surface area contributed by atoms with Crippen molar-refractivity contribution in [2.45, 2.75) is 148 Å². The van der Waals surface area contributed by atoms with E-state index < -0.39 is 11.0 Å². The number of nitrogens with zero attached hydrogens (tertiary/aromatic N) is 1. The van der Waals surface area contributed by atoms with Gasteiger partial charge in [0, 0.05) is 11.3 Å². The Balaban J connectivity index is 3.10. The highest BCUT2D eigenvalue weighted by Crippen LogP contribution is 2.15. The molecule has 0 bridgehead atoms. The standard InChI is InChI=1S/C24H46NO3/c1-2-3-4-5-6-7-8-9-10-11-12-13-14-15-16-17-18-19-20-21-22-24(23-26)25(27)28/h24H,2-22H2,1H3. The van der Waals surface area contributed by atoms with Crippen molar-refractivity contribution in [1.82, 2.24) is 0 Å².